The fraction of sp³-hybridized carbons (Fsp3) is 0.667. The molecule has 4 heteroatoms. The molecule has 0 aliphatic carbocycles. The van der Waals surface area contributed by atoms with Gasteiger partial charge < -0.3 is 14.9 Å². The number of methoxy groups -OCH3 is 1. The van der Waals surface area contributed by atoms with Gasteiger partial charge in [0.1, 0.15) is 0 Å². The van der Waals surface area contributed by atoms with Crippen LogP contribution in [0.3, 0.4) is 0 Å². The highest BCUT2D eigenvalue weighted by molar-refractivity contribution is 5.69. The molecule has 2 N–H and O–H groups in total. The van der Waals surface area contributed by atoms with Crippen molar-refractivity contribution in [3.8, 4) is 0 Å². The van der Waals surface area contributed by atoms with Gasteiger partial charge in [-0.2, -0.15) is 0 Å². The summed E-state index contributed by atoms with van der Waals surface area (Å²) in [6.07, 6.45) is 19.1. The highest BCUT2D eigenvalue weighted by Crippen LogP contribution is 2.07. The summed E-state index contributed by atoms with van der Waals surface area (Å²) in [7, 11) is 1.40. The van der Waals surface area contributed by atoms with E-state index in [1.165, 1.54) is 26.4 Å². The number of esters is 1. The van der Waals surface area contributed by atoms with Crippen LogP contribution in [0.4, 0.5) is 0 Å². The largest absolute Gasteiger partial charge is 0.469 e. The van der Waals surface area contributed by atoms with Crippen molar-refractivity contribution in [2.75, 3.05) is 7.11 Å². The van der Waals surface area contributed by atoms with Crippen molar-refractivity contribution in [3.63, 3.8) is 0 Å². The van der Waals surface area contributed by atoms with Crippen molar-refractivity contribution in [2.24, 2.45) is 0 Å². The molecule has 0 radical (unpaired) electrons. The number of aliphatic hydroxyl groups is 2. The van der Waals surface area contributed by atoms with Gasteiger partial charge in [-0.15, -0.1) is 0 Å². The van der Waals surface area contributed by atoms with Crippen LogP contribution < -0.4 is 0 Å². The third-order valence-corrected chi connectivity index (χ3v) is 3.93. The molecule has 0 fully saturated rings. The normalized spacial score (nSPS) is 14.6. The van der Waals surface area contributed by atoms with Crippen molar-refractivity contribution in [3.05, 3.63) is 36.5 Å². The Morgan fingerprint density at radius 2 is 1.44 bits per heavy atom. The monoisotopic (exact) mass is 352 g/mol. The van der Waals surface area contributed by atoms with Crippen LogP contribution in [0.1, 0.15) is 71.1 Å². The first kappa shape index (κ1) is 23.6. The summed E-state index contributed by atoms with van der Waals surface area (Å²) >= 11 is 0. The molecule has 0 saturated carbocycles. The van der Waals surface area contributed by atoms with E-state index >= 15 is 0 Å². The molecule has 0 aromatic heterocycles. The molecule has 0 bridgehead atoms. The number of rotatable bonds is 15. The summed E-state index contributed by atoms with van der Waals surface area (Å²) in [6, 6.07) is 0. The van der Waals surface area contributed by atoms with Crippen molar-refractivity contribution in [1.29, 1.82) is 0 Å². The second-order valence-electron chi connectivity index (χ2n) is 6.22. The first-order valence-corrected chi connectivity index (χ1v) is 9.49. The second-order valence-corrected chi connectivity index (χ2v) is 6.22. The summed E-state index contributed by atoms with van der Waals surface area (Å²) in [5.74, 6) is -0.170. The van der Waals surface area contributed by atoms with Crippen LogP contribution in [-0.2, 0) is 9.53 Å². The topological polar surface area (TPSA) is 66.8 Å². The SMILES string of the molecule is CCCCC/C=C\CC(O)C(O)C/C=C\C/C=C\CCCC(=O)OC. The second kappa shape index (κ2) is 17.4. The number of unbranched alkanes of at least 4 members (excludes halogenated alkanes) is 4. The molecular weight excluding hydrogens is 316 g/mol. The molecule has 0 aliphatic rings. The molecule has 2 unspecified atom stereocenters. The van der Waals surface area contributed by atoms with Crippen LogP contribution in [0.2, 0.25) is 0 Å². The smallest absolute Gasteiger partial charge is 0.305 e. The average molecular weight is 353 g/mol. The number of carbonyl (C=O) groups is 1. The number of carbonyl (C=O) groups excluding carboxylic acids is 1. The van der Waals surface area contributed by atoms with Crippen molar-refractivity contribution < 1.29 is 19.7 Å². The number of aliphatic hydroxyl groups excluding tert-OH is 2. The highest BCUT2D eigenvalue weighted by atomic mass is 16.5. The minimum absolute atomic E-state index is 0.170. The third-order valence-electron chi connectivity index (χ3n) is 3.93. The maximum absolute atomic E-state index is 10.9. The summed E-state index contributed by atoms with van der Waals surface area (Å²) in [5, 5.41) is 19.8. The molecule has 0 spiro atoms. The van der Waals surface area contributed by atoms with Gasteiger partial charge in [0.25, 0.3) is 0 Å². The Bertz CT molecular complexity index is 399. The predicted molar refractivity (Wildman–Crippen MR) is 103 cm³/mol. The van der Waals surface area contributed by atoms with E-state index in [1.807, 2.05) is 30.4 Å². The van der Waals surface area contributed by atoms with E-state index in [-0.39, 0.29) is 5.97 Å². The van der Waals surface area contributed by atoms with Crippen molar-refractivity contribution >= 4 is 5.97 Å². The lowest BCUT2D eigenvalue weighted by Gasteiger charge is -2.14. The van der Waals surface area contributed by atoms with Crippen LogP contribution >= 0.6 is 0 Å². The Hall–Kier alpha value is -1.39. The molecule has 0 heterocycles. The maximum Gasteiger partial charge on any atom is 0.305 e. The van der Waals surface area contributed by atoms with Gasteiger partial charge in [-0.05, 0) is 44.9 Å². The Morgan fingerprint density at radius 1 is 0.880 bits per heavy atom. The summed E-state index contributed by atoms with van der Waals surface area (Å²) in [5.41, 5.74) is 0. The van der Waals surface area contributed by atoms with Gasteiger partial charge in [-0.25, -0.2) is 0 Å². The Balaban J connectivity index is 3.69. The number of hydrogen-bond donors (Lipinski definition) is 2. The molecule has 4 nitrogen and oxygen atoms in total. The van der Waals surface area contributed by atoms with E-state index in [2.05, 4.69) is 17.7 Å². The fourth-order valence-electron chi connectivity index (χ4n) is 2.27. The minimum Gasteiger partial charge on any atom is -0.469 e. The maximum atomic E-state index is 10.9. The van der Waals surface area contributed by atoms with Crippen molar-refractivity contribution in [1.82, 2.24) is 0 Å². The molecule has 0 aliphatic heterocycles. The molecule has 25 heavy (non-hydrogen) atoms. The standard InChI is InChI=1S/C21H36O4/c1-3-4-5-6-10-13-16-19(22)20(23)17-14-11-8-7-9-12-15-18-21(24)25-2/h7,9-11,13-14,19-20,22-23H,3-6,8,12,15-18H2,1-2H3/b9-7-,13-10-,14-11-. The zero-order chi connectivity index (χ0) is 18.8. The molecule has 0 aromatic carbocycles. The molecule has 0 rings (SSSR count). The van der Waals surface area contributed by atoms with E-state index < -0.39 is 12.2 Å². The van der Waals surface area contributed by atoms with Crippen LogP contribution in [0, 0.1) is 0 Å². The summed E-state index contributed by atoms with van der Waals surface area (Å²) < 4.78 is 4.58. The molecular formula is C21H36O4. The van der Waals surface area contributed by atoms with Gasteiger partial charge in [-0.1, -0.05) is 56.2 Å². The van der Waals surface area contributed by atoms with E-state index in [4.69, 9.17) is 0 Å². The molecule has 0 amide bonds. The number of allylic oxidation sites excluding steroid dienone is 4. The van der Waals surface area contributed by atoms with Crippen LogP contribution in [0.15, 0.2) is 36.5 Å². The lowest BCUT2D eigenvalue weighted by Crippen LogP contribution is -2.24. The third kappa shape index (κ3) is 15.9. The van der Waals surface area contributed by atoms with E-state index in [0.29, 0.717) is 19.3 Å². The Labute approximate surface area is 153 Å². The van der Waals surface area contributed by atoms with Crippen LogP contribution in [0.5, 0.6) is 0 Å². The molecule has 144 valence electrons. The highest BCUT2D eigenvalue weighted by Gasteiger charge is 2.12. The molecule has 2 atom stereocenters. The van der Waals surface area contributed by atoms with Gasteiger partial charge in [0.15, 0.2) is 0 Å². The van der Waals surface area contributed by atoms with E-state index in [0.717, 1.165) is 25.7 Å². The van der Waals surface area contributed by atoms with Gasteiger partial charge >= 0.3 is 5.97 Å². The van der Waals surface area contributed by atoms with Gasteiger partial charge in [-0.3, -0.25) is 4.79 Å². The molecule has 0 aromatic rings. The number of ether oxygens (including phenoxy) is 1. The Kier molecular flexibility index (Phi) is 16.5. The first-order valence-electron chi connectivity index (χ1n) is 9.49. The van der Waals surface area contributed by atoms with Crippen LogP contribution in [-0.4, -0.2) is 35.5 Å². The van der Waals surface area contributed by atoms with Gasteiger partial charge in [0.05, 0.1) is 19.3 Å². The average Bonchev–Trinajstić information content (AvgIpc) is 2.62. The van der Waals surface area contributed by atoms with Gasteiger partial charge in [0.2, 0.25) is 0 Å². The quantitative estimate of drug-likeness (QED) is 0.259. The molecule has 0 saturated heterocycles. The van der Waals surface area contributed by atoms with E-state index in [9.17, 15) is 15.0 Å². The first-order chi connectivity index (χ1) is 12.1. The Morgan fingerprint density at radius 3 is 2.08 bits per heavy atom. The van der Waals surface area contributed by atoms with Crippen LogP contribution in [0.25, 0.3) is 0 Å². The van der Waals surface area contributed by atoms with E-state index in [1.54, 1.807) is 0 Å². The van der Waals surface area contributed by atoms with Gasteiger partial charge in [0, 0.05) is 6.42 Å². The predicted octanol–water partition coefficient (Wildman–Crippen LogP) is 4.47. The fourth-order valence-corrected chi connectivity index (χ4v) is 2.27. The zero-order valence-electron chi connectivity index (χ0n) is 15.9. The summed E-state index contributed by atoms with van der Waals surface area (Å²) in [4.78, 5) is 10.9. The lowest BCUT2D eigenvalue weighted by molar-refractivity contribution is -0.140. The van der Waals surface area contributed by atoms with Crippen molar-refractivity contribution in [2.45, 2.75) is 83.3 Å². The number of hydrogen-bond acceptors (Lipinski definition) is 4. The summed E-state index contributed by atoms with van der Waals surface area (Å²) in [6.45, 7) is 2.18. The minimum atomic E-state index is -0.722. The lowest BCUT2D eigenvalue weighted by atomic mass is 10.1. The zero-order valence-corrected chi connectivity index (χ0v) is 15.9.